The van der Waals surface area contributed by atoms with Gasteiger partial charge < -0.3 is 9.47 Å². The predicted octanol–water partition coefficient (Wildman–Crippen LogP) is 1.52. The SMILES string of the molecule is CCO[C@@H]1C[C@H]2CN(Cc3ccccc3)[C@H](C(=O)OC)CN2C1. The molecule has 3 rings (SSSR count). The molecule has 0 spiro atoms. The first-order valence-electron chi connectivity index (χ1n) is 8.42. The number of esters is 1. The van der Waals surface area contributed by atoms with E-state index in [4.69, 9.17) is 9.47 Å². The molecule has 0 N–H and O–H groups in total. The lowest BCUT2D eigenvalue weighted by atomic mass is 10.1. The highest BCUT2D eigenvalue weighted by Crippen LogP contribution is 2.28. The Bertz CT molecular complexity index is 522. The van der Waals surface area contributed by atoms with E-state index in [0.717, 1.165) is 39.2 Å². The summed E-state index contributed by atoms with van der Waals surface area (Å²) < 4.78 is 10.8. The molecular weight excluding hydrogens is 292 g/mol. The number of rotatable bonds is 5. The average Bonchev–Trinajstić information content (AvgIpc) is 2.96. The summed E-state index contributed by atoms with van der Waals surface area (Å²) >= 11 is 0. The van der Waals surface area contributed by atoms with Crippen LogP contribution in [-0.2, 0) is 20.8 Å². The predicted molar refractivity (Wildman–Crippen MR) is 88.0 cm³/mol. The monoisotopic (exact) mass is 318 g/mol. The molecule has 0 amide bonds. The third kappa shape index (κ3) is 3.74. The maximum Gasteiger partial charge on any atom is 0.324 e. The van der Waals surface area contributed by atoms with Crippen LogP contribution in [0.4, 0.5) is 0 Å². The fourth-order valence-electron chi connectivity index (χ4n) is 3.80. The van der Waals surface area contributed by atoms with E-state index >= 15 is 0 Å². The molecular formula is C18H26N2O3. The van der Waals surface area contributed by atoms with E-state index in [1.54, 1.807) is 0 Å². The molecule has 5 nitrogen and oxygen atoms in total. The summed E-state index contributed by atoms with van der Waals surface area (Å²) in [6.45, 7) is 6.11. The number of carbonyl (C=O) groups is 1. The zero-order chi connectivity index (χ0) is 16.2. The number of methoxy groups -OCH3 is 1. The zero-order valence-electron chi connectivity index (χ0n) is 14.0. The standard InChI is InChI=1S/C18H26N2O3/c1-3-23-16-9-15-11-20(10-14-7-5-4-6-8-14)17(18(21)22-2)13-19(15)12-16/h4-8,15-17H,3,9-13H2,1-2H3/t15-,16+,17-/m0/s1. The van der Waals surface area contributed by atoms with E-state index in [9.17, 15) is 4.79 Å². The Morgan fingerprint density at radius 3 is 2.70 bits per heavy atom. The van der Waals surface area contributed by atoms with Crippen molar-refractivity contribution in [3.8, 4) is 0 Å². The van der Waals surface area contributed by atoms with Crippen LogP contribution in [-0.4, -0.2) is 67.3 Å². The molecule has 23 heavy (non-hydrogen) atoms. The number of piperazine rings is 1. The number of hydrogen-bond donors (Lipinski definition) is 0. The Morgan fingerprint density at radius 1 is 1.22 bits per heavy atom. The van der Waals surface area contributed by atoms with Gasteiger partial charge in [-0.05, 0) is 18.9 Å². The minimum Gasteiger partial charge on any atom is -0.468 e. The van der Waals surface area contributed by atoms with E-state index in [2.05, 4.69) is 21.9 Å². The second kappa shape index (κ2) is 7.43. The van der Waals surface area contributed by atoms with E-state index in [0.29, 0.717) is 12.1 Å². The van der Waals surface area contributed by atoms with Gasteiger partial charge in [-0.3, -0.25) is 14.6 Å². The van der Waals surface area contributed by atoms with Crippen LogP contribution in [0.1, 0.15) is 18.9 Å². The number of benzene rings is 1. The van der Waals surface area contributed by atoms with Gasteiger partial charge in [0.2, 0.25) is 0 Å². The van der Waals surface area contributed by atoms with Crippen LogP contribution in [0.15, 0.2) is 30.3 Å². The first-order chi connectivity index (χ1) is 11.2. The molecule has 3 atom stereocenters. The van der Waals surface area contributed by atoms with Gasteiger partial charge in [0.25, 0.3) is 0 Å². The number of hydrogen-bond acceptors (Lipinski definition) is 5. The molecule has 2 heterocycles. The minimum atomic E-state index is -0.197. The summed E-state index contributed by atoms with van der Waals surface area (Å²) in [6, 6.07) is 10.6. The molecule has 5 heteroatoms. The molecule has 0 unspecified atom stereocenters. The highest BCUT2D eigenvalue weighted by molar-refractivity contribution is 5.76. The van der Waals surface area contributed by atoms with Crippen LogP contribution in [0.25, 0.3) is 0 Å². The van der Waals surface area contributed by atoms with Crippen molar-refractivity contribution in [1.29, 1.82) is 0 Å². The van der Waals surface area contributed by atoms with Gasteiger partial charge in [-0.2, -0.15) is 0 Å². The minimum absolute atomic E-state index is 0.140. The lowest BCUT2D eigenvalue weighted by molar-refractivity contribution is -0.150. The lowest BCUT2D eigenvalue weighted by Gasteiger charge is -2.42. The normalized spacial score (nSPS) is 28.5. The molecule has 0 radical (unpaired) electrons. The number of ether oxygens (including phenoxy) is 2. The van der Waals surface area contributed by atoms with Gasteiger partial charge in [0.1, 0.15) is 6.04 Å². The molecule has 0 saturated carbocycles. The third-order valence-electron chi connectivity index (χ3n) is 4.89. The average molecular weight is 318 g/mol. The van der Waals surface area contributed by atoms with Crippen LogP contribution >= 0.6 is 0 Å². The molecule has 1 aromatic carbocycles. The summed E-state index contributed by atoms with van der Waals surface area (Å²) in [5.74, 6) is -0.140. The van der Waals surface area contributed by atoms with Gasteiger partial charge >= 0.3 is 5.97 Å². The van der Waals surface area contributed by atoms with Crippen molar-refractivity contribution >= 4 is 5.97 Å². The first kappa shape index (κ1) is 16.4. The second-order valence-corrected chi connectivity index (χ2v) is 6.37. The molecule has 2 fully saturated rings. The molecule has 2 aliphatic heterocycles. The summed E-state index contributed by atoms with van der Waals surface area (Å²) in [5.41, 5.74) is 1.23. The molecule has 126 valence electrons. The van der Waals surface area contributed by atoms with Gasteiger partial charge in [-0.1, -0.05) is 30.3 Å². The largest absolute Gasteiger partial charge is 0.468 e. The molecule has 0 aliphatic carbocycles. The highest BCUT2D eigenvalue weighted by Gasteiger charge is 2.43. The van der Waals surface area contributed by atoms with E-state index < -0.39 is 0 Å². The summed E-state index contributed by atoms with van der Waals surface area (Å²) in [6.07, 6.45) is 1.34. The quantitative estimate of drug-likeness (QED) is 0.770. The Labute approximate surface area is 138 Å². The number of fused-ring (bicyclic) bond motifs is 1. The summed E-state index contributed by atoms with van der Waals surface area (Å²) in [7, 11) is 1.47. The maximum atomic E-state index is 12.2. The van der Waals surface area contributed by atoms with E-state index in [1.807, 2.05) is 25.1 Å². The Hall–Kier alpha value is -1.43. The Balaban J connectivity index is 1.72. The number of carbonyl (C=O) groups excluding carboxylic acids is 1. The van der Waals surface area contributed by atoms with Crippen LogP contribution < -0.4 is 0 Å². The van der Waals surface area contributed by atoms with Gasteiger partial charge in [-0.15, -0.1) is 0 Å². The van der Waals surface area contributed by atoms with Gasteiger partial charge in [0.15, 0.2) is 0 Å². The first-order valence-corrected chi connectivity index (χ1v) is 8.42. The van der Waals surface area contributed by atoms with Gasteiger partial charge in [0.05, 0.1) is 13.2 Å². The van der Waals surface area contributed by atoms with E-state index in [-0.39, 0.29) is 12.0 Å². The van der Waals surface area contributed by atoms with Crippen LogP contribution in [0.2, 0.25) is 0 Å². The van der Waals surface area contributed by atoms with Gasteiger partial charge in [-0.25, -0.2) is 0 Å². The molecule has 1 aromatic rings. The fraction of sp³-hybridized carbons (Fsp3) is 0.611. The van der Waals surface area contributed by atoms with E-state index in [1.165, 1.54) is 12.7 Å². The van der Waals surface area contributed by atoms with Crippen LogP contribution in [0, 0.1) is 0 Å². The Morgan fingerprint density at radius 2 is 2.00 bits per heavy atom. The Kier molecular flexibility index (Phi) is 5.30. The van der Waals surface area contributed by atoms with Crippen molar-refractivity contribution in [2.45, 2.75) is 38.1 Å². The van der Waals surface area contributed by atoms with Crippen molar-refractivity contribution in [2.24, 2.45) is 0 Å². The zero-order valence-corrected chi connectivity index (χ0v) is 14.0. The molecule has 2 saturated heterocycles. The van der Waals surface area contributed by atoms with Crippen LogP contribution in [0.3, 0.4) is 0 Å². The van der Waals surface area contributed by atoms with Crippen molar-refractivity contribution < 1.29 is 14.3 Å². The topological polar surface area (TPSA) is 42.0 Å². The van der Waals surface area contributed by atoms with Crippen molar-refractivity contribution in [3.63, 3.8) is 0 Å². The van der Waals surface area contributed by atoms with Crippen molar-refractivity contribution in [3.05, 3.63) is 35.9 Å². The van der Waals surface area contributed by atoms with Gasteiger partial charge in [0, 0.05) is 38.8 Å². The molecule has 0 aromatic heterocycles. The highest BCUT2D eigenvalue weighted by atomic mass is 16.5. The smallest absolute Gasteiger partial charge is 0.324 e. The van der Waals surface area contributed by atoms with Crippen molar-refractivity contribution in [1.82, 2.24) is 9.80 Å². The lowest BCUT2D eigenvalue weighted by Crippen LogP contribution is -2.58. The molecule has 0 bridgehead atoms. The fourth-order valence-corrected chi connectivity index (χ4v) is 3.80. The second-order valence-electron chi connectivity index (χ2n) is 6.37. The number of nitrogens with zero attached hydrogens (tertiary/aromatic N) is 2. The maximum absolute atomic E-state index is 12.2. The van der Waals surface area contributed by atoms with Crippen molar-refractivity contribution in [2.75, 3.05) is 33.4 Å². The summed E-state index contributed by atoms with van der Waals surface area (Å²) in [4.78, 5) is 16.9. The third-order valence-corrected chi connectivity index (χ3v) is 4.89. The van der Waals surface area contributed by atoms with Crippen LogP contribution in [0.5, 0.6) is 0 Å². The molecule has 2 aliphatic rings. The summed E-state index contributed by atoms with van der Waals surface area (Å²) in [5, 5.41) is 0.